The minimum absolute atomic E-state index is 0.167. The van der Waals surface area contributed by atoms with Gasteiger partial charge in [-0.2, -0.15) is 0 Å². The molecule has 0 spiro atoms. The van der Waals surface area contributed by atoms with Gasteiger partial charge in [0.2, 0.25) is 0 Å². The maximum atomic E-state index is 11.2. The fraction of sp³-hybridized carbons (Fsp3) is 1.00. The van der Waals surface area contributed by atoms with Gasteiger partial charge < -0.3 is 15.6 Å². The lowest BCUT2D eigenvalue weighted by atomic mass is 9.62. The van der Waals surface area contributed by atoms with E-state index in [0.717, 1.165) is 44.8 Å². The molecule has 1 saturated carbocycles. The van der Waals surface area contributed by atoms with Crippen LogP contribution < -0.4 is 5.73 Å². The van der Waals surface area contributed by atoms with E-state index in [1.54, 1.807) is 0 Å². The van der Waals surface area contributed by atoms with Crippen LogP contribution in [0.1, 0.15) is 38.5 Å². The minimum Gasteiger partial charge on any atom is -0.388 e. The van der Waals surface area contributed by atoms with Crippen LogP contribution in [0, 0.1) is 5.41 Å². The van der Waals surface area contributed by atoms with Crippen molar-refractivity contribution in [3.63, 3.8) is 0 Å². The van der Waals surface area contributed by atoms with Crippen molar-refractivity contribution in [3.8, 4) is 0 Å². The molecule has 3 saturated heterocycles. The van der Waals surface area contributed by atoms with E-state index in [1.165, 1.54) is 12.8 Å². The van der Waals surface area contributed by atoms with Gasteiger partial charge >= 0.3 is 0 Å². The van der Waals surface area contributed by atoms with E-state index in [2.05, 4.69) is 4.90 Å². The van der Waals surface area contributed by atoms with Crippen LogP contribution >= 0.6 is 0 Å². The zero-order valence-corrected chi connectivity index (χ0v) is 11.0. The topological polar surface area (TPSA) is 58.7 Å². The molecule has 4 atom stereocenters. The molecule has 4 nitrogen and oxygen atoms in total. The van der Waals surface area contributed by atoms with Crippen molar-refractivity contribution in [1.29, 1.82) is 0 Å². The van der Waals surface area contributed by atoms with E-state index in [9.17, 15) is 5.11 Å². The zero-order valence-electron chi connectivity index (χ0n) is 11.0. The van der Waals surface area contributed by atoms with E-state index >= 15 is 0 Å². The Labute approximate surface area is 108 Å². The zero-order chi connectivity index (χ0) is 12.4. The van der Waals surface area contributed by atoms with Crippen LogP contribution in [0.5, 0.6) is 0 Å². The molecule has 0 aromatic heterocycles. The van der Waals surface area contributed by atoms with E-state index in [1.807, 2.05) is 0 Å². The molecule has 4 rings (SSSR count). The van der Waals surface area contributed by atoms with Gasteiger partial charge in [0.15, 0.2) is 0 Å². The average Bonchev–Trinajstić information content (AvgIpc) is 2.85. The Hall–Kier alpha value is -0.160. The molecule has 3 N–H and O–H groups in total. The summed E-state index contributed by atoms with van der Waals surface area (Å²) in [5.74, 6) is 0. The lowest BCUT2D eigenvalue weighted by Gasteiger charge is -2.46. The number of fused-ring (bicyclic) bond motifs is 2. The first-order valence-electron chi connectivity index (χ1n) is 7.49. The monoisotopic (exact) mass is 252 g/mol. The molecule has 4 heteroatoms. The highest BCUT2D eigenvalue weighted by molar-refractivity contribution is 5.15. The van der Waals surface area contributed by atoms with E-state index < -0.39 is 5.60 Å². The van der Waals surface area contributed by atoms with Crippen molar-refractivity contribution < 1.29 is 9.84 Å². The van der Waals surface area contributed by atoms with Gasteiger partial charge in [0.1, 0.15) is 0 Å². The van der Waals surface area contributed by atoms with Crippen molar-refractivity contribution in [2.75, 3.05) is 19.6 Å². The van der Waals surface area contributed by atoms with Gasteiger partial charge in [-0.1, -0.05) is 0 Å². The Bertz CT molecular complexity index is 360. The highest BCUT2D eigenvalue weighted by atomic mass is 16.5. The molecule has 0 aromatic carbocycles. The van der Waals surface area contributed by atoms with Gasteiger partial charge in [-0.3, -0.25) is 4.90 Å². The second kappa shape index (κ2) is 3.69. The Kier molecular flexibility index (Phi) is 2.39. The second-order valence-corrected chi connectivity index (χ2v) is 6.87. The van der Waals surface area contributed by atoms with Crippen LogP contribution in [-0.2, 0) is 4.74 Å². The summed E-state index contributed by atoms with van der Waals surface area (Å²) in [7, 11) is 0. The number of rotatable bonds is 3. The Morgan fingerprint density at radius 1 is 1.28 bits per heavy atom. The quantitative estimate of drug-likeness (QED) is 0.767. The van der Waals surface area contributed by atoms with E-state index in [-0.39, 0.29) is 11.5 Å². The average molecular weight is 252 g/mol. The van der Waals surface area contributed by atoms with Crippen LogP contribution in [-0.4, -0.2) is 53.5 Å². The first-order chi connectivity index (χ1) is 8.67. The standard InChI is InChI=1S/C14H24N2O2/c15-8-13(7-11-3-4-12(13)18-11)14(17)5-6-16(9-14)10-1-2-10/h10-12,17H,1-9,15H2. The van der Waals surface area contributed by atoms with Crippen LogP contribution in [0.4, 0.5) is 0 Å². The third kappa shape index (κ3) is 1.40. The number of likely N-dealkylation sites (tertiary alicyclic amines) is 1. The molecule has 4 unspecified atom stereocenters. The van der Waals surface area contributed by atoms with Crippen LogP contribution in [0.2, 0.25) is 0 Å². The maximum absolute atomic E-state index is 11.2. The highest BCUT2D eigenvalue weighted by Gasteiger charge is 2.64. The van der Waals surface area contributed by atoms with Gasteiger partial charge in [0.25, 0.3) is 0 Å². The third-order valence-corrected chi connectivity index (χ3v) is 5.95. The lowest BCUT2D eigenvalue weighted by Crippen LogP contribution is -2.59. The lowest BCUT2D eigenvalue weighted by molar-refractivity contribution is -0.103. The molecule has 102 valence electrons. The van der Waals surface area contributed by atoms with Gasteiger partial charge in [-0.25, -0.2) is 0 Å². The SMILES string of the molecule is NCC1(C2(O)CCN(C3CC3)C2)CC2CCC1O2. The summed E-state index contributed by atoms with van der Waals surface area (Å²) >= 11 is 0. The highest BCUT2D eigenvalue weighted by Crippen LogP contribution is 2.56. The maximum Gasteiger partial charge on any atom is 0.0880 e. The molecule has 3 heterocycles. The molecule has 1 aliphatic carbocycles. The Morgan fingerprint density at radius 3 is 2.67 bits per heavy atom. The molecule has 3 aliphatic heterocycles. The third-order valence-electron chi connectivity index (χ3n) is 5.95. The van der Waals surface area contributed by atoms with E-state index in [0.29, 0.717) is 12.6 Å². The molecule has 4 fully saturated rings. The Balaban J connectivity index is 1.60. The molecule has 0 aromatic rings. The van der Waals surface area contributed by atoms with Crippen LogP contribution in [0.3, 0.4) is 0 Å². The van der Waals surface area contributed by atoms with Crippen LogP contribution in [0.15, 0.2) is 0 Å². The number of nitrogens with two attached hydrogens (primary N) is 1. The number of hydrogen-bond donors (Lipinski definition) is 2. The minimum atomic E-state index is -0.607. The molecular weight excluding hydrogens is 228 g/mol. The number of nitrogens with zero attached hydrogens (tertiary/aromatic N) is 1. The number of aliphatic hydroxyl groups is 1. The van der Waals surface area contributed by atoms with Crippen molar-refractivity contribution >= 4 is 0 Å². The van der Waals surface area contributed by atoms with Gasteiger partial charge in [0, 0.05) is 31.1 Å². The van der Waals surface area contributed by atoms with Gasteiger partial charge in [-0.05, 0) is 38.5 Å². The molecular formula is C14H24N2O2. The Morgan fingerprint density at radius 2 is 2.11 bits per heavy atom. The smallest absolute Gasteiger partial charge is 0.0880 e. The number of β-amino-alcohol motifs (C(OH)–C–C–N with tert-alkyl or cyclic N) is 1. The second-order valence-electron chi connectivity index (χ2n) is 6.87. The van der Waals surface area contributed by atoms with Crippen molar-refractivity contribution in [3.05, 3.63) is 0 Å². The number of hydrogen-bond acceptors (Lipinski definition) is 4. The van der Waals surface area contributed by atoms with Crippen molar-refractivity contribution in [1.82, 2.24) is 4.90 Å². The van der Waals surface area contributed by atoms with E-state index in [4.69, 9.17) is 10.5 Å². The predicted molar refractivity (Wildman–Crippen MR) is 68.2 cm³/mol. The van der Waals surface area contributed by atoms with Crippen LogP contribution in [0.25, 0.3) is 0 Å². The normalized spacial score (nSPS) is 52.3. The largest absolute Gasteiger partial charge is 0.388 e. The molecule has 0 radical (unpaired) electrons. The summed E-state index contributed by atoms with van der Waals surface area (Å²) in [4.78, 5) is 2.48. The molecule has 4 aliphatic rings. The summed E-state index contributed by atoms with van der Waals surface area (Å²) in [5, 5.41) is 11.2. The van der Waals surface area contributed by atoms with Gasteiger partial charge in [-0.15, -0.1) is 0 Å². The summed E-state index contributed by atoms with van der Waals surface area (Å²) < 4.78 is 6.01. The molecule has 18 heavy (non-hydrogen) atoms. The number of ether oxygens (including phenoxy) is 1. The molecule has 2 bridgehead atoms. The predicted octanol–water partition coefficient (Wildman–Crippen LogP) is 0.482. The van der Waals surface area contributed by atoms with Gasteiger partial charge in [0.05, 0.1) is 17.8 Å². The fourth-order valence-electron chi connectivity index (χ4n) is 4.67. The first-order valence-corrected chi connectivity index (χ1v) is 7.49. The fourth-order valence-corrected chi connectivity index (χ4v) is 4.67. The van der Waals surface area contributed by atoms with Crippen molar-refractivity contribution in [2.24, 2.45) is 11.1 Å². The summed E-state index contributed by atoms with van der Waals surface area (Å²) in [6.07, 6.45) is 7.30. The summed E-state index contributed by atoms with van der Waals surface area (Å²) in [5.41, 5.74) is 5.32. The summed E-state index contributed by atoms with van der Waals surface area (Å²) in [6, 6.07) is 0.744. The first kappa shape index (κ1) is 11.6. The van der Waals surface area contributed by atoms with Crippen molar-refractivity contribution in [2.45, 2.75) is 62.4 Å². The molecule has 0 amide bonds. The summed E-state index contributed by atoms with van der Waals surface area (Å²) in [6.45, 7) is 2.44.